The van der Waals surface area contributed by atoms with Crippen LogP contribution in [0, 0.1) is 29.1 Å². The minimum Gasteiger partial charge on any atom is -0.309 e. The molecule has 117 heavy (non-hydrogen) atoms. The Balaban J connectivity index is 0.000000135. The van der Waals surface area contributed by atoms with E-state index in [0.29, 0.717) is 45.0 Å². The number of anilines is 11. The third kappa shape index (κ3) is 11.5. The molecule has 12 nitrogen and oxygen atoms in total. The number of halogens is 5. The lowest BCUT2D eigenvalue weighted by Gasteiger charge is -2.42. The molecule has 6 aliphatic rings. The van der Waals surface area contributed by atoms with E-state index >= 15 is 0 Å². The molecule has 6 amide bonds. The molecule has 0 bridgehead atoms. The monoisotopic (exact) mass is 1560 g/mol. The molecule has 0 saturated carbocycles. The number of fused-ring (bicyclic) bond motifs is 6. The molecule has 0 aromatic heterocycles. The topological polar surface area (TPSA) is 122 Å². The molecular weight excluding hydrogens is 1480 g/mol. The first-order valence-electron chi connectivity index (χ1n) is 43.0. The molecule has 0 atom stereocenters. The molecule has 14 aromatic rings. The largest absolute Gasteiger partial charge is 0.309 e. The SMILES string of the molecule is C.CC1(C)c2ccccc2N(c2ccc3c4c(cccc24)C(=O)N(c2c(F)c(F)c(F)c(F)c2F)C3=O)c2ccccc21.CCCCCCN1C(=O)c2cccc3c(N4c5ccccc5C(C)(C)c5ccccc54)ccc(c23)C1=O.[2H]c1c([2H])c([2H])c(N2C(=O)c3c([2H])c([2H])c([2H])c4c(N5c6ccccc6C(C)(C)c6ccccc65)c([2H])c([2H])c(c34)C2=O)c([2H])c1[2H]. The summed E-state index contributed by atoms with van der Waals surface area (Å²) in [7, 11) is 0. The lowest BCUT2D eigenvalue weighted by Crippen LogP contribution is -2.42. The molecule has 6 heterocycles. The van der Waals surface area contributed by atoms with Crippen molar-refractivity contribution in [3.05, 3.63) is 363 Å². The Kier molecular flexibility index (Phi) is 15.9. The van der Waals surface area contributed by atoms with Gasteiger partial charge in [0.25, 0.3) is 35.4 Å². The summed E-state index contributed by atoms with van der Waals surface area (Å²) in [6, 6.07) is 58.0. The number of hydrogen-bond donors (Lipinski definition) is 0. The number of rotatable bonds is 10. The molecular formula is C100H79F5N6O6. The Morgan fingerprint density at radius 2 is 0.641 bits per heavy atom. The summed E-state index contributed by atoms with van der Waals surface area (Å²) in [5, 5.41) is 1.96. The normalized spacial score (nSPS) is 16.5. The van der Waals surface area contributed by atoms with Crippen LogP contribution in [-0.2, 0) is 16.2 Å². The fourth-order valence-electron chi connectivity index (χ4n) is 17.7. The van der Waals surface area contributed by atoms with Crippen LogP contribution in [0.2, 0.25) is 0 Å². The summed E-state index contributed by atoms with van der Waals surface area (Å²) in [5.41, 5.74) is 9.69. The van der Waals surface area contributed by atoms with Crippen molar-refractivity contribution in [2.24, 2.45) is 0 Å². The Labute approximate surface area is 687 Å². The number of unbranched alkanes of at least 4 members (excludes halogenated alkanes) is 3. The predicted octanol–water partition coefficient (Wildman–Crippen LogP) is 25.0. The Hall–Kier alpha value is -13.7. The number of nitrogens with zero attached hydrogens (tertiary/aromatic N) is 6. The van der Waals surface area contributed by atoms with E-state index in [-0.39, 0.29) is 67.9 Å². The standard InChI is InChI=1S/C33H19F5N2O2.C33H24N2O2.C33H32N2O2.CH4/c1-33(2)19-10-3-5-12-22(19)39(23-13-6-4-11-20(23)33)21-15-14-18-24-16(21)8-7-9-17(24)31(41)40(32(18)42)30-28(37)26(35)25(34)27(36)29(30)38;1-33(2)25-15-6-8-17-28(25)35(29-18-9-7-16-26(29)33)27-20-19-24-30-22(27)13-10-14-23(30)31(36)34(32(24)37)21-11-4-3-5-12-21;1-4-5-6-11-21-34-31(36)23-14-12-13-22-27(20-19-24(30(22)23)32(34)37)35-28-17-9-7-15-25(28)33(2,3)26-16-8-10-18-29(26)35;/h3-15H,1-2H3;3-20H,1-2H3;7-10,12-20H,4-6,11,21H2,1-3H3;1H4/i;3D,4D,5D,10D,11D,12D,13D,14D,19D,20D;;. The third-order valence-corrected chi connectivity index (χ3v) is 23.3. The van der Waals surface area contributed by atoms with E-state index in [9.17, 15) is 52.1 Å². The van der Waals surface area contributed by atoms with Gasteiger partial charge < -0.3 is 14.7 Å². The van der Waals surface area contributed by atoms with Crippen LogP contribution in [0.15, 0.2) is 267 Å². The highest BCUT2D eigenvalue weighted by atomic mass is 19.2. The van der Waals surface area contributed by atoms with Crippen molar-refractivity contribution in [1.82, 2.24) is 4.90 Å². The van der Waals surface area contributed by atoms with Gasteiger partial charge in [0.05, 0.1) is 70.6 Å². The molecule has 0 spiro atoms. The van der Waals surface area contributed by atoms with Crippen LogP contribution in [-0.4, -0.2) is 46.9 Å². The van der Waals surface area contributed by atoms with Gasteiger partial charge in [-0.1, -0.05) is 239 Å². The van der Waals surface area contributed by atoms with Crippen LogP contribution in [0.1, 0.15) is 191 Å². The van der Waals surface area contributed by atoms with Gasteiger partial charge in [-0.15, -0.1) is 0 Å². The fourth-order valence-corrected chi connectivity index (χ4v) is 17.7. The van der Waals surface area contributed by atoms with Crippen molar-refractivity contribution in [2.75, 3.05) is 31.0 Å². The highest BCUT2D eigenvalue weighted by Crippen LogP contribution is 2.58. The van der Waals surface area contributed by atoms with Crippen molar-refractivity contribution >= 4 is 130 Å². The second-order valence-electron chi connectivity index (χ2n) is 30.8. The molecule has 0 unspecified atom stereocenters. The fraction of sp³-hybridized carbons (Fsp3) is 0.160. The van der Waals surface area contributed by atoms with Gasteiger partial charge in [0.15, 0.2) is 23.3 Å². The lowest BCUT2D eigenvalue weighted by molar-refractivity contribution is 0.0606. The zero-order valence-electron chi connectivity index (χ0n) is 73.7. The number of hydrogen-bond acceptors (Lipinski definition) is 9. The summed E-state index contributed by atoms with van der Waals surface area (Å²) in [6.07, 6.45) is 4.09. The van der Waals surface area contributed by atoms with E-state index in [1.54, 1.807) is 35.2 Å². The van der Waals surface area contributed by atoms with Gasteiger partial charge in [-0.25, -0.2) is 31.8 Å². The number of para-hydroxylation sites is 7. The third-order valence-electron chi connectivity index (χ3n) is 23.3. The predicted molar refractivity (Wildman–Crippen MR) is 453 cm³/mol. The number of carbonyl (C=O) groups excluding carboxylic acids is 6. The molecule has 580 valence electrons. The van der Waals surface area contributed by atoms with Gasteiger partial charge in [-0.2, -0.15) is 0 Å². The maximum Gasteiger partial charge on any atom is 0.266 e. The molecule has 20 rings (SSSR count). The lowest BCUT2D eigenvalue weighted by atomic mass is 9.73. The van der Waals surface area contributed by atoms with Crippen LogP contribution >= 0.6 is 0 Å². The summed E-state index contributed by atoms with van der Waals surface area (Å²) in [4.78, 5) is 90.6. The summed E-state index contributed by atoms with van der Waals surface area (Å²) in [6.45, 7) is 15.5. The molecule has 0 fully saturated rings. The average molecular weight is 1570 g/mol. The van der Waals surface area contributed by atoms with Crippen molar-refractivity contribution in [3.8, 4) is 0 Å². The van der Waals surface area contributed by atoms with Crippen LogP contribution in [0.4, 0.5) is 84.5 Å². The smallest absolute Gasteiger partial charge is 0.266 e. The minimum absolute atomic E-state index is 0. The molecule has 0 radical (unpaired) electrons. The van der Waals surface area contributed by atoms with Gasteiger partial charge in [0, 0.05) is 88.5 Å². The van der Waals surface area contributed by atoms with Gasteiger partial charge in [0.1, 0.15) is 5.69 Å². The van der Waals surface area contributed by atoms with Crippen LogP contribution in [0.3, 0.4) is 0 Å². The van der Waals surface area contributed by atoms with Crippen LogP contribution < -0.4 is 24.5 Å². The highest BCUT2D eigenvalue weighted by Gasteiger charge is 2.46. The van der Waals surface area contributed by atoms with Crippen molar-refractivity contribution < 1.29 is 64.4 Å². The van der Waals surface area contributed by atoms with Crippen molar-refractivity contribution in [1.29, 1.82) is 0 Å². The first-order valence-corrected chi connectivity index (χ1v) is 38.0. The Bertz CT molecular complexity index is 6980. The van der Waals surface area contributed by atoms with Crippen molar-refractivity contribution in [2.45, 2.75) is 97.8 Å². The van der Waals surface area contributed by atoms with E-state index in [1.807, 2.05) is 128 Å². The maximum absolute atomic E-state index is 14.8. The number of benzene rings is 14. The first-order chi connectivity index (χ1) is 60.1. The number of amides is 6. The van der Waals surface area contributed by atoms with E-state index in [1.165, 1.54) is 28.2 Å². The zero-order valence-corrected chi connectivity index (χ0v) is 63.7. The van der Waals surface area contributed by atoms with Gasteiger partial charge in [-0.3, -0.25) is 33.7 Å². The minimum atomic E-state index is -2.39. The molecule has 6 aliphatic heterocycles. The molecule has 17 heteroatoms. The summed E-state index contributed by atoms with van der Waals surface area (Å²) in [5.74, 6) is -16.7. The first kappa shape index (κ1) is 64.7. The Morgan fingerprint density at radius 1 is 0.291 bits per heavy atom. The molecule has 0 aliphatic carbocycles. The number of imide groups is 3. The van der Waals surface area contributed by atoms with Crippen LogP contribution in [0.25, 0.3) is 32.3 Å². The molecule has 0 saturated heterocycles. The van der Waals surface area contributed by atoms with E-state index in [0.717, 1.165) is 87.1 Å². The zero-order chi connectivity index (χ0) is 89.4. The molecule has 14 aromatic carbocycles. The quantitative estimate of drug-likeness (QED) is 0.0433. The highest BCUT2D eigenvalue weighted by molar-refractivity contribution is 6.38. The maximum atomic E-state index is 14.8. The van der Waals surface area contributed by atoms with Crippen molar-refractivity contribution in [3.63, 3.8) is 0 Å². The van der Waals surface area contributed by atoms with E-state index < -0.39 is 141 Å². The summed E-state index contributed by atoms with van der Waals surface area (Å²) >= 11 is 0. The molecule has 0 N–H and O–H groups in total. The average Bonchev–Trinajstić information content (AvgIpc) is 0.688. The van der Waals surface area contributed by atoms with Gasteiger partial charge in [0.2, 0.25) is 5.82 Å². The Morgan fingerprint density at radius 3 is 1.06 bits per heavy atom. The summed E-state index contributed by atoms with van der Waals surface area (Å²) < 4.78 is 157. The van der Waals surface area contributed by atoms with Crippen LogP contribution in [0.5, 0.6) is 0 Å². The number of carbonyl (C=O) groups is 6. The van der Waals surface area contributed by atoms with Gasteiger partial charge >= 0.3 is 0 Å². The second-order valence-corrected chi connectivity index (χ2v) is 30.8. The van der Waals surface area contributed by atoms with Gasteiger partial charge in [-0.05, 0) is 143 Å². The second kappa shape index (κ2) is 28.7. The van der Waals surface area contributed by atoms with E-state index in [4.69, 9.17) is 12.3 Å². The van der Waals surface area contributed by atoms with E-state index in [2.05, 4.69) is 94.1 Å².